The van der Waals surface area contributed by atoms with E-state index in [0.29, 0.717) is 17.0 Å². The van der Waals surface area contributed by atoms with E-state index in [0.717, 1.165) is 26.0 Å². The maximum Gasteiger partial charge on any atom is 0.326 e. The van der Waals surface area contributed by atoms with Gasteiger partial charge >= 0.3 is 5.97 Å². The number of fused-ring (bicyclic) bond motifs is 2. The van der Waals surface area contributed by atoms with Crippen LogP contribution in [0.2, 0.25) is 0 Å². The van der Waals surface area contributed by atoms with Gasteiger partial charge in [-0.25, -0.2) is 4.98 Å². The number of amides is 1. The second kappa shape index (κ2) is 7.65. The Balaban J connectivity index is 1.81. The van der Waals surface area contributed by atoms with Crippen molar-refractivity contribution in [2.45, 2.75) is 20.4 Å². The molecular formula is C20H17N3O3S2. The number of benzene rings is 2. The maximum absolute atomic E-state index is 12.8. The van der Waals surface area contributed by atoms with Crippen molar-refractivity contribution in [3.05, 3.63) is 57.8 Å². The number of hydrogen-bond acceptors (Lipinski definition) is 6. The number of nitrogens with zero attached hydrogens (tertiary/aromatic N) is 3. The van der Waals surface area contributed by atoms with Gasteiger partial charge in [-0.05, 0) is 49.7 Å². The molecule has 0 spiro atoms. The molecule has 28 heavy (non-hydrogen) atoms. The summed E-state index contributed by atoms with van der Waals surface area (Å²) in [6.45, 7) is 4.08. The lowest BCUT2D eigenvalue weighted by Gasteiger charge is -2.05. The highest BCUT2D eigenvalue weighted by molar-refractivity contribution is 7.17. The summed E-state index contributed by atoms with van der Waals surface area (Å²) in [5.74, 6) is -0.709. The first-order valence-corrected chi connectivity index (χ1v) is 10.4. The molecule has 4 rings (SSSR count). The highest BCUT2D eigenvalue weighted by Gasteiger charge is 2.13. The third kappa shape index (κ3) is 3.61. The SMILES string of the molecule is CCOC(=O)Cn1c(=NC(=O)c2ccc3ncsc3c2)sc2cc(C)ccc21. The third-order valence-corrected chi connectivity index (χ3v) is 6.04. The van der Waals surface area contributed by atoms with Crippen LogP contribution in [-0.4, -0.2) is 28.0 Å². The van der Waals surface area contributed by atoms with E-state index in [-0.39, 0.29) is 18.4 Å². The lowest BCUT2D eigenvalue weighted by Crippen LogP contribution is -2.23. The molecule has 0 aliphatic heterocycles. The predicted molar refractivity (Wildman–Crippen MR) is 111 cm³/mol. The van der Waals surface area contributed by atoms with Gasteiger partial charge in [0, 0.05) is 5.56 Å². The molecule has 0 bridgehead atoms. The Bertz CT molecular complexity index is 1270. The Morgan fingerprint density at radius 3 is 2.86 bits per heavy atom. The van der Waals surface area contributed by atoms with Crippen LogP contribution in [-0.2, 0) is 16.1 Å². The van der Waals surface area contributed by atoms with E-state index >= 15 is 0 Å². The van der Waals surface area contributed by atoms with Gasteiger partial charge in [0.15, 0.2) is 4.80 Å². The van der Waals surface area contributed by atoms with Crippen molar-refractivity contribution < 1.29 is 14.3 Å². The van der Waals surface area contributed by atoms with Gasteiger partial charge in [-0.15, -0.1) is 11.3 Å². The van der Waals surface area contributed by atoms with Crippen LogP contribution >= 0.6 is 22.7 Å². The summed E-state index contributed by atoms with van der Waals surface area (Å²) < 4.78 is 8.73. The number of carbonyl (C=O) groups excluding carboxylic acids is 2. The summed E-state index contributed by atoms with van der Waals surface area (Å²) in [5.41, 5.74) is 5.06. The monoisotopic (exact) mass is 411 g/mol. The largest absolute Gasteiger partial charge is 0.465 e. The minimum absolute atomic E-state index is 0.0108. The predicted octanol–water partition coefficient (Wildman–Crippen LogP) is 3.93. The highest BCUT2D eigenvalue weighted by atomic mass is 32.1. The van der Waals surface area contributed by atoms with E-state index in [1.54, 1.807) is 29.1 Å². The first kappa shape index (κ1) is 18.5. The molecule has 4 aromatic rings. The van der Waals surface area contributed by atoms with Gasteiger partial charge in [-0.2, -0.15) is 4.99 Å². The molecule has 142 valence electrons. The smallest absolute Gasteiger partial charge is 0.326 e. The van der Waals surface area contributed by atoms with E-state index in [9.17, 15) is 9.59 Å². The Morgan fingerprint density at radius 1 is 1.18 bits per heavy atom. The van der Waals surface area contributed by atoms with Gasteiger partial charge in [0.25, 0.3) is 5.91 Å². The Labute approximate surface area is 168 Å². The first-order valence-electron chi connectivity index (χ1n) is 8.73. The fourth-order valence-electron chi connectivity index (χ4n) is 2.89. The van der Waals surface area contributed by atoms with Crippen LogP contribution in [0.15, 0.2) is 46.9 Å². The Hall–Kier alpha value is -2.84. The standard InChI is InChI=1S/C20H17N3O3S2/c1-3-26-18(24)10-23-15-7-4-12(2)8-17(15)28-20(23)22-19(25)13-5-6-14-16(9-13)27-11-21-14/h4-9,11H,3,10H2,1-2H3. The average Bonchev–Trinajstić information content (AvgIpc) is 3.26. The average molecular weight is 412 g/mol. The number of ether oxygens (including phenoxy) is 1. The van der Waals surface area contributed by atoms with Crippen molar-refractivity contribution in [2.75, 3.05) is 6.61 Å². The van der Waals surface area contributed by atoms with Crippen molar-refractivity contribution in [1.82, 2.24) is 9.55 Å². The number of esters is 1. The molecule has 2 heterocycles. The number of carbonyl (C=O) groups is 2. The summed E-state index contributed by atoms with van der Waals surface area (Å²) in [4.78, 5) is 33.9. The molecule has 0 radical (unpaired) electrons. The van der Waals surface area contributed by atoms with Crippen LogP contribution in [0, 0.1) is 6.92 Å². The molecule has 0 aliphatic rings. The van der Waals surface area contributed by atoms with Gasteiger partial charge in [0.05, 0.1) is 32.6 Å². The van der Waals surface area contributed by atoms with Gasteiger partial charge in [0.1, 0.15) is 6.54 Å². The van der Waals surface area contributed by atoms with Crippen molar-refractivity contribution in [2.24, 2.45) is 4.99 Å². The molecule has 0 N–H and O–H groups in total. The number of rotatable bonds is 4. The fourth-order valence-corrected chi connectivity index (χ4v) is 4.74. The van der Waals surface area contributed by atoms with Crippen LogP contribution in [0.3, 0.4) is 0 Å². The van der Waals surface area contributed by atoms with Crippen LogP contribution in [0.25, 0.3) is 20.4 Å². The van der Waals surface area contributed by atoms with Crippen LogP contribution in [0.1, 0.15) is 22.8 Å². The van der Waals surface area contributed by atoms with Crippen LogP contribution in [0.5, 0.6) is 0 Å². The minimum Gasteiger partial charge on any atom is -0.465 e. The fraction of sp³-hybridized carbons (Fsp3) is 0.200. The van der Waals surface area contributed by atoms with Crippen LogP contribution in [0.4, 0.5) is 0 Å². The van der Waals surface area contributed by atoms with E-state index in [4.69, 9.17) is 4.74 Å². The molecule has 2 aromatic heterocycles. The summed E-state index contributed by atoms with van der Waals surface area (Å²) >= 11 is 2.86. The normalized spacial score (nSPS) is 12.0. The second-order valence-corrected chi connectivity index (χ2v) is 8.09. The van der Waals surface area contributed by atoms with Gasteiger partial charge in [-0.3, -0.25) is 9.59 Å². The zero-order chi connectivity index (χ0) is 19.7. The summed E-state index contributed by atoms with van der Waals surface area (Å²) in [7, 11) is 0. The molecular weight excluding hydrogens is 394 g/mol. The molecule has 0 saturated carbocycles. The molecule has 0 unspecified atom stereocenters. The molecule has 0 aliphatic carbocycles. The number of thiazole rings is 2. The minimum atomic E-state index is -0.359. The Kier molecular flexibility index (Phi) is 5.06. The van der Waals surface area contributed by atoms with Gasteiger partial charge in [0.2, 0.25) is 0 Å². The highest BCUT2D eigenvalue weighted by Crippen LogP contribution is 2.21. The van der Waals surface area contributed by atoms with Crippen molar-refractivity contribution in [1.29, 1.82) is 0 Å². The molecule has 6 nitrogen and oxygen atoms in total. The molecule has 0 atom stereocenters. The number of hydrogen-bond donors (Lipinski definition) is 0. The summed E-state index contributed by atoms with van der Waals surface area (Å²) in [6.07, 6.45) is 0. The summed E-state index contributed by atoms with van der Waals surface area (Å²) in [6, 6.07) is 11.3. The van der Waals surface area contributed by atoms with E-state index < -0.39 is 0 Å². The molecule has 0 fully saturated rings. The number of aromatic nitrogens is 2. The van der Waals surface area contributed by atoms with Crippen LogP contribution < -0.4 is 4.80 Å². The second-order valence-electron chi connectivity index (χ2n) is 6.20. The molecule has 8 heteroatoms. The van der Waals surface area contributed by atoms with Crippen molar-refractivity contribution in [3.63, 3.8) is 0 Å². The zero-order valence-electron chi connectivity index (χ0n) is 15.3. The lowest BCUT2D eigenvalue weighted by atomic mass is 10.2. The summed E-state index contributed by atoms with van der Waals surface area (Å²) in [5, 5.41) is 0. The quantitative estimate of drug-likeness (QED) is 0.477. The van der Waals surface area contributed by atoms with E-state index in [1.807, 2.05) is 31.2 Å². The van der Waals surface area contributed by atoms with Gasteiger partial charge < -0.3 is 9.30 Å². The van der Waals surface area contributed by atoms with Crippen molar-refractivity contribution >= 4 is 55.0 Å². The Morgan fingerprint density at radius 2 is 2.04 bits per heavy atom. The third-order valence-electron chi connectivity index (χ3n) is 4.21. The van der Waals surface area contributed by atoms with Crippen molar-refractivity contribution in [3.8, 4) is 0 Å². The maximum atomic E-state index is 12.8. The molecule has 0 saturated heterocycles. The van der Waals surface area contributed by atoms with E-state index in [1.165, 1.54) is 22.7 Å². The number of aryl methyl sites for hydroxylation is 1. The topological polar surface area (TPSA) is 73.6 Å². The zero-order valence-corrected chi connectivity index (χ0v) is 17.0. The molecule has 2 aromatic carbocycles. The molecule has 1 amide bonds. The first-order chi connectivity index (χ1) is 13.5. The van der Waals surface area contributed by atoms with E-state index in [2.05, 4.69) is 9.98 Å². The lowest BCUT2D eigenvalue weighted by molar-refractivity contribution is -0.143. The van der Waals surface area contributed by atoms with Gasteiger partial charge in [-0.1, -0.05) is 17.4 Å².